The third-order valence-corrected chi connectivity index (χ3v) is 10.2. The lowest BCUT2D eigenvalue weighted by atomic mass is 9.69. The maximum Gasteiger partial charge on any atom is 0.106 e. The zero-order valence-electron chi connectivity index (χ0n) is 24.5. The molecular formula is C33H43N5O3. The van der Waals surface area contributed by atoms with Crippen molar-refractivity contribution >= 4 is 5.69 Å². The Balaban J connectivity index is 1.21. The topological polar surface area (TPSA) is 84.2 Å². The average Bonchev–Trinajstić information content (AvgIpc) is 3.36. The number of hydrogen-bond donors (Lipinski definition) is 2. The molecule has 0 bridgehead atoms. The third kappa shape index (κ3) is 4.82. The van der Waals surface area contributed by atoms with Gasteiger partial charge in [0.25, 0.3) is 0 Å². The van der Waals surface area contributed by atoms with Gasteiger partial charge >= 0.3 is 0 Å². The molecule has 4 aliphatic heterocycles. The lowest BCUT2D eigenvalue weighted by Crippen LogP contribution is -2.56. The van der Waals surface area contributed by atoms with Gasteiger partial charge in [-0.05, 0) is 53.8 Å². The minimum Gasteiger partial charge on any atom is -0.384 e. The Morgan fingerprint density at radius 3 is 2.54 bits per heavy atom. The van der Waals surface area contributed by atoms with E-state index in [0.29, 0.717) is 12.5 Å². The van der Waals surface area contributed by atoms with Crippen molar-refractivity contribution in [2.75, 3.05) is 77.1 Å². The van der Waals surface area contributed by atoms with Crippen molar-refractivity contribution in [3.8, 4) is 6.07 Å². The molecule has 2 unspecified atom stereocenters. The van der Waals surface area contributed by atoms with Crippen molar-refractivity contribution in [2.45, 2.75) is 56.7 Å². The number of aryl methyl sites for hydroxylation is 1. The smallest absolute Gasteiger partial charge is 0.106 e. The van der Waals surface area contributed by atoms with Crippen LogP contribution >= 0.6 is 0 Å². The summed E-state index contributed by atoms with van der Waals surface area (Å²) < 4.78 is 11.0. The number of benzene rings is 1. The van der Waals surface area contributed by atoms with Crippen LogP contribution in [0.5, 0.6) is 0 Å². The molecule has 2 atom stereocenters. The number of ether oxygens (including phenoxy) is 2. The Kier molecular flexibility index (Phi) is 7.21. The molecule has 8 nitrogen and oxygen atoms in total. The molecule has 2 N–H and O–H groups in total. The average molecular weight is 558 g/mol. The molecular weight excluding hydrogens is 514 g/mol. The van der Waals surface area contributed by atoms with Gasteiger partial charge in [0.1, 0.15) is 6.10 Å². The zero-order chi connectivity index (χ0) is 28.1. The SMILES string of the molecule is CC1(C)C2=C(C3=CC=C(C#N)CC3N2)C(O)c2cc(CCCN3CCOCC3)c(N3CCN(C4COC4)CC3)cc21. The quantitative estimate of drug-likeness (QED) is 0.553. The van der Waals surface area contributed by atoms with Gasteiger partial charge in [-0.15, -0.1) is 0 Å². The molecule has 41 heavy (non-hydrogen) atoms. The molecule has 6 aliphatic rings. The van der Waals surface area contributed by atoms with Crippen LogP contribution in [0.2, 0.25) is 0 Å². The summed E-state index contributed by atoms with van der Waals surface area (Å²) in [4.78, 5) is 7.68. The summed E-state index contributed by atoms with van der Waals surface area (Å²) in [5.74, 6) is 0. The molecule has 1 aromatic rings. The summed E-state index contributed by atoms with van der Waals surface area (Å²) in [6.45, 7) is 15.2. The van der Waals surface area contributed by atoms with Gasteiger partial charge in [-0.3, -0.25) is 9.80 Å². The van der Waals surface area contributed by atoms with Crippen LogP contribution < -0.4 is 10.2 Å². The molecule has 1 aromatic carbocycles. The van der Waals surface area contributed by atoms with E-state index in [1.807, 2.05) is 6.08 Å². The summed E-state index contributed by atoms with van der Waals surface area (Å²) in [5, 5.41) is 25.2. The van der Waals surface area contributed by atoms with Crippen LogP contribution in [0.15, 0.2) is 46.7 Å². The van der Waals surface area contributed by atoms with Gasteiger partial charge in [0.15, 0.2) is 0 Å². The van der Waals surface area contributed by atoms with Crippen molar-refractivity contribution in [3.05, 3.63) is 63.4 Å². The Morgan fingerprint density at radius 1 is 1.05 bits per heavy atom. The molecule has 0 saturated carbocycles. The Morgan fingerprint density at radius 2 is 1.83 bits per heavy atom. The van der Waals surface area contributed by atoms with Crippen molar-refractivity contribution < 1.29 is 14.6 Å². The monoisotopic (exact) mass is 557 g/mol. The number of piperazine rings is 1. The van der Waals surface area contributed by atoms with Gasteiger partial charge in [0.2, 0.25) is 0 Å². The van der Waals surface area contributed by atoms with Gasteiger partial charge in [-0.2, -0.15) is 5.26 Å². The fourth-order valence-electron chi connectivity index (χ4n) is 7.69. The van der Waals surface area contributed by atoms with E-state index in [9.17, 15) is 10.4 Å². The predicted octanol–water partition coefficient (Wildman–Crippen LogP) is 2.80. The van der Waals surface area contributed by atoms with E-state index in [1.54, 1.807) is 0 Å². The molecule has 7 rings (SSSR count). The van der Waals surface area contributed by atoms with E-state index in [0.717, 1.165) is 113 Å². The second kappa shape index (κ2) is 10.9. The summed E-state index contributed by atoms with van der Waals surface area (Å²) in [6.07, 6.45) is 6.06. The Bertz CT molecular complexity index is 1320. The lowest BCUT2D eigenvalue weighted by Gasteiger charge is -2.44. The highest BCUT2D eigenvalue weighted by Gasteiger charge is 2.47. The van der Waals surface area contributed by atoms with Gasteiger partial charge < -0.3 is 24.8 Å². The fourth-order valence-corrected chi connectivity index (χ4v) is 7.69. The van der Waals surface area contributed by atoms with Crippen molar-refractivity contribution in [1.82, 2.24) is 15.1 Å². The number of nitrogens with one attached hydrogen (secondary N) is 1. The fraction of sp³-hybridized carbons (Fsp3) is 0.606. The van der Waals surface area contributed by atoms with E-state index < -0.39 is 6.10 Å². The molecule has 8 heteroatoms. The Labute approximate surface area is 243 Å². The summed E-state index contributed by atoms with van der Waals surface area (Å²) in [7, 11) is 0. The number of morpholine rings is 1. The van der Waals surface area contributed by atoms with E-state index in [2.05, 4.69) is 58.1 Å². The van der Waals surface area contributed by atoms with E-state index in [-0.39, 0.29) is 11.5 Å². The van der Waals surface area contributed by atoms with E-state index >= 15 is 0 Å². The number of rotatable bonds is 6. The first-order chi connectivity index (χ1) is 19.9. The summed E-state index contributed by atoms with van der Waals surface area (Å²) >= 11 is 0. The number of hydrogen-bond acceptors (Lipinski definition) is 8. The second-order valence-corrected chi connectivity index (χ2v) is 13.0. The first-order valence-electron chi connectivity index (χ1n) is 15.5. The molecule has 0 amide bonds. The first-order valence-corrected chi connectivity index (χ1v) is 15.5. The molecule has 3 saturated heterocycles. The molecule has 0 radical (unpaired) electrons. The number of fused-ring (bicyclic) bond motifs is 3. The molecule has 0 aromatic heterocycles. The number of anilines is 1. The highest BCUT2D eigenvalue weighted by atomic mass is 16.5. The number of aliphatic hydroxyl groups is 1. The minimum atomic E-state index is -0.670. The normalized spacial score (nSPS) is 28.1. The zero-order valence-corrected chi connectivity index (χ0v) is 24.5. The highest BCUT2D eigenvalue weighted by molar-refractivity contribution is 5.67. The summed E-state index contributed by atoms with van der Waals surface area (Å²) in [5.41, 5.74) is 8.72. The number of aliphatic hydroxyl groups excluding tert-OH is 1. The largest absolute Gasteiger partial charge is 0.384 e. The van der Waals surface area contributed by atoms with Crippen LogP contribution in [-0.4, -0.2) is 99.2 Å². The molecule has 4 heterocycles. The molecule has 0 spiro atoms. The molecule has 2 aliphatic carbocycles. The van der Waals surface area contributed by atoms with E-state index in [4.69, 9.17) is 9.47 Å². The first kappa shape index (κ1) is 27.2. The van der Waals surface area contributed by atoms with Crippen LogP contribution in [-0.2, 0) is 21.3 Å². The number of nitriles is 1. The number of allylic oxidation sites excluding steroid dienone is 3. The van der Waals surface area contributed by atoms with Gasteiger partial charge in [0.05, 0.1) is 44.6 Å². The highest BCUT2D eigenvalue weighted by Crippen LogP contribution is 2.52. The van der Waals surface area contributed by atoms with Gasteiger partial charge in [0, 0.05) is 73.6 Å². The standard InChI is InChI=1S/C33H43N5O3/c1-33(2)27-18-29(38-10-8-37(9-11-38)24-20-41-21-24)23(4-3-7-36-12-14-40-15-13-36)17-26(27)31(39)30-25-6-5-22(19-34)16-28(25)35-32(30)33/h5-6,17-18,24,28,31,35,39H,3-4,7-16,20-21H2,1-2H3. The van der Waals surface area contributed by atoms with Crippen molar-refractivity contribution in [1.29, 1.82) is 5.26 Å². The summed E-state index contributed by atoms with van der Waals surface area (Å²) in [6, 6.07) is 7.70. The van der Waals surface area contributed by atoms with Crippen molar-refractivity contribution in [2.24, 2.45) is 0 Å². The third-order valence-electron chi connectivity index (χ3n) is 10.2. The Hall–Kier alpha value is -2.67. The van der Waals surface area contributed by atoms with Gasteiger partial charge in [-0.25, -0.2) is 0 Å². The maximum absolute atomic E-state index is 11.9. The predicted molar refractivity (Wildman–Crippen MR) is 159 cm³/mol. The van der Waals surface area contributed by atoms with Crippen LogP contribution in [0.25, 0.3) is 0 Å². The second-order valence-electron chi connectivity index (χ2n) is 13.0. The minimum absolute atomic E-state index is 0.0545. The lowest BCUT2D eigenvalue weighted by molar-refractivity contribution is -0.0660. The molecule has 3 fully saturated rings. The van der Waals surface area contributed by atoms with Crippen LogP contribution in [0.3, 0.4) is 0 Å². The number of nitrogens with zero attached hydrogens (tertiary/aromatic N) is 4. The van der Waals surface area contributed by atoms with Crippen molar-refractivity contribution in [3.63, 3.8) is 0 Å². The van der Waals surface area contributed by atoms with Crippen LogP contribution in [0.4, 0.5) is 5.69 Å². The maximum atomic E-state index is 11.9. The van der Waals surface area contributed by atoms with Crippen LogP contribution in [0.1, 0.15) is 49.5 Å². The molecule has 218 valence electrons. The van der Waals surface area contributed by atoms with E-state index in [1.165, 1.54) is 16.8 Å². The van der Waals surface area contributed by atoms with Crippen LogP contribution in [0, 0.1) is 11.3 Å². The van der Waals surface area contributed by atoms with Gasteiger partial charge in [-0.1, -0.05) is 26.0 Å².